The lowest BCUT2D eigenvalue weighted by Crippen LogP contribution is -1.98. The molecule has 1 aliphatic rings. The van der Waals surface area contributed by atoms with Crippen LogP contribution in [-0.4, -0.2) is 12.1 Å². The second-order valence-electron chi connectivity index (χ2n) is 6.65. The van der Waals surface area contributed by atoms with Crippen LogP contribution in [0, 0.1) is 0 Å². The van der Waals surface area contributed by atoms with Crippen LogP contribution in [0.4, 0.5) is 0 Å². The van der Waals surface area contributed by atoms with Crippen molar-refractivity contribution in [2.45, 2.75) is 19.3 Å². The van der Waals surface area contributed by atoms with Crippen LogP contribution >= 0.6 is 0 Å². The van der Waals surface area contributed by atoms with Gasteiger partial charge in [0.2, 0.25) is 0 Å². The van der Waals surface area contributed by atoms with E-state index < -0.39 is 0 Å². The summed E-state index contributed by atoms with van der Waals surface area (Å²) >= 11 is 0. The van der Waals surface area contributed by atoms with Crippen LogP contribution in [-0.2, 0) is 12.8 Å². The summed E-state index contributed by atoms with van der Waals surface area (Å²) in [6.45, 7) is 0. The fraction of sp³-hybridized carbons (Fsp3) is 0.174. The maximum Gasteiger partial charge on any atom is 0.128 e. The zero-order chi connectivity index (χ0) is 16.8. The Balaban J connectivity index is 1.90. The monoisotopic (exact) mass is 325 g/mol. The van der Waals surface area contributed by atoms with Crippen LogP contribution < -0.4 is 4.74 Å². The molecule has 0 unspecified atom stereocenters. The minimum absolute atomic E-state index is 0.893. The molecule has 0 saturated heterocycles. The highest BCUT2D eigenvalue weighted by molar-refractivity contribution is 6.09. The Morgan fingerprint density at radius 3 is 2.56 bits per heavy atom. The molecule has 1 aliphatic carbocycles. The molecule has 0 bridgehead atoms. The molecule has 0 fully saturated rings. The summed E-state index contributed by atoms with van der Waals surface area (Å²) in [7, 11) is 1.73. The first-order valence-electron chi connectivity index (χ1n) is 8.83. The van der Waals surface area contributed by atoms with E-state index in [4.69, 9.17) is 9.72 Å². The molecule has 25 heavy (non-hydrogen) atoms. The van der Waals surface area contributed by atoms with E-state index >= 15 is 0 Å². The van der Waals surface area contributed by atoms with Crippen molar-refractivity contribution in [3.63, 3.8) is 0 Å². The van der Waals surface area contributed by atoms with Crippen LogP contribution in [0.5, 0.6) is 5.75 Å². The molecule has 0 saturated carbocycles. The van der Waals surface area contributed by atoms with Crippen LogP contribution in [0.25, 0.3) is 32.9 Å². The molecule has 2 heteroatoms. The second kappa shape index (κ2) is 5.59. The third-order valence-electron chi connectivity index (χ3n) is 5.31. The molecule has 0 atom stereocenters. The summed E-state index contributed by atoms with van der Waals surface area (Å²) in [5, 5.41) is 3.94. The second-order valence-corrected chi connectivity index (χ2v) is 6.65. The van der Waals surface area contributed by atoms with Gasteiger partial charge in [-0.2, -0.15) is 0 Å². The minimum atomic E-state index is 0.893. The summed E-state index contributed by atoms with van der Waals surface area (Å²) in [6, 6.07) is 21.2. The van der Waals surface area contributed by atoms with Crippen molar-refractivity contribution in [3.8, 4) is 17.0 Å². The summed E-state index contributed by atoms with van der Waals surface area (Å²) < 4.78 is 5.60. The zero-order valence-corrected chi connectivity index (χ0v) is 14.3. The van der Waals surface area contributed by atoms with E-state index in [2.05, 4.69) is 48.5 Å². The Labute approximate surface area is 147 Å². The molecule has 4 aromatic rings. The third kappa shape index (κ3) is 2.14. The van der Waals surface area contributed by atoms with Gasteiger partial charge in [0.05, 0.1) is 18.3 Å². The Hall–Kier alpha value is -2.87. The topological polar surface area (TPSA) is 22.1 Å². The van der Waals surface area contributed by atoms with Crippen molar-refractivity contribution in [2.75, 3.05) is 7.11 Å². The van der Waals surface area contributed by atoms with Crippen LogP contribution in [0.3, 0.4) is 0 Å². The Bertz CT molecular complexity index is 1110. The molecule has 1 heterocycles. The Kier molecular flexibility index (Phi) is 3.24. The molecule has 0 radical (unpaired) electrons. The predicted molar refractivity (Wildman–Crippen MR) is 103 cm³/mol. The van der Waals surface area contributed by atoms with Gasteiger partial charge in [-0.1, -0.05) is 42.5 Å². The molecule has 0 N–H and O–H groups in total. The van der Waals surface area contributed by atoms with E-state index in [1.807, 2.05) is 12.1 Å². The number of aromatic nitrogens is 1. The van der Waals surface area contributed by atoms with Gasteiger partial charge >= 0.3 is 0 Å². The third-order valence-corrected chi connectivity index (χ3v) is 5.31. The van der Waals surface area contributed by atoms with Crippen LogP contribution in [0.2, 0.25) is 0 Å². The first kappa shape index (κ1) is 14.5. The lowest BCUT2D eigenvalue weighted by molar-refractivity contribution is 0.416. The number of hydrogen-bond donors (Lipinski definition) is 0. The summed E-state index contributed by atoms with van der Waals surface area (Å²) in [4.78, 5) is 5.10. The number of benzene rings is 3. The molecule has 0 spiro atoms. The van der Waals surface area contributed by atoms with Gasteiger partial charge < -0.3 is 4.74 Å². The molecule has 1 aromatic heterocycles. The molecule has 0 amide bonds. The highest BCUT2D eigenvalue weighted by Gasteiger charge is 2.23. The molecule has 3 aromatic carbocycles. The van der Waals surface area contributed by atoms with Crippen molar-refractivity contribution >= 4 is 21.7 Å². The number of hydrogen-bond acceptors (Lipinski definition) is 2. The van der Waals surface area contributed by atoms with Gasteiger partial charge in [-0.05, 0) is 59.4 Å². The van der Waals surface area contributed by atoms with Gasteiger partial charge in [0.25, 0.3) is 0 Å². The molecular formula is C23H19NO. The fourth-order valence-electron chi connectivity index (χ4n) is 4.20. The van der Waals surface area contributed by atoms with E-state index in [0.29, 0.717) is 0 Å². The molecule has 122 valence electrons. The number of para-hydroxylation sites is 1. The number of aryl methyl sites for hydroxylation is 1. The van der Waals surface area contributed by atoms with Gasteiger partial charge in [0, 0.05) is 10.9 Å². The maximum atomic E-state index is 5.60. The van der Waals surface area contributed by atoms with Crippen LogP contribution in [0.15, 0.2) is 60.7 Å². The molecular weight excluding hydrogens is 306 g/mol. The van der Waals surface area contributed by atoms with Gasteiger partial charge in [0.15, 0.2) is 0 Å². The quantitative estimate of drug-likeness (QED) is 0.451. The minimum Gasteiger partial charge on any atom is -0.496 e. The van der Waals surface area contributed by atoms with E-state index in [1.165, 1.54) is 33.7 Å². The first-order valence-corrected chi connectivity index (χ1v) is 8.83. The Morgan fingerprint density at radius 1 is 0.840 bits per heavy atom. The number of rotatable bonds is 2. The first-order chi connectivity index (χ1) is 12.4. The molecule has 5 rings (SSSR count). The maximum absolute atomic E-state index is 5.60. The predicted octanol–water partition coefficient (Wildman–Crippen LogP) is 5.55. The highest BCUT2D eigenvalue weighted by Crippen LogP contribution is 2.41. The zero-order valence-electron chi connectivity index (χ0n) is 14.3. The van der Waals surface area contributed by atoms with E-state index in [1.54, 1.807) is 7.11 Å². The van der Waals surface area contributed by atoms with E-state index in [-0.39, 0.29) is 0 Å². The average Bonchev–Trinajstić information content (AvgIpc) is 3.16. The largest absolute Gasteiger partial charge is 0.496 e. The normalized spacial score (nSPS) is 13.3. The van der Waals surface area contributed by atoms with Crippen molar-refractivity contribution in [2.24, 2.45) is 0 Å². The average molecular weight is 325 g/mol. The van der Waals surface area contributed by atoms with Gasteiger partial charge in [-0.25, -0.2) is 4.98 Å². The highest BCUT2D eigenvalue weighted by atomic mass is 16.5. The molecule has 0 aliphatic heterocycles. The van der Waals surface area contributed by atoms with Crippen molar-refractivity contribution in [3.05, 3.63) is 71.8 Å². The number of fused-ring (bicyclic) bond motifs is 5. The standard InChI is InChI=1S/C23H19NO/c1-25-21-12-5-4-9-19(21)23-18-11-6-10-17(18)22-16-8-3-2-7-15(16)13-14-20(22)24-23/h2-5,7-9,12-14H,6,10-11H2,1H3. The van der Waals surface area contributed by atoms with Gasteiger partial charge in [-0.15, -0.1) is 0 Å². The summed E-state index contributed by atoms with van der Waals surface area (Å²) in [5.41, 5.74) is 6.14. The molecule has 2 nitrogen and oxygen atoms in total. The lowest BCUT2D eigenvalue weighted by atomic mass is 9.95. The fourth-order valence-corrected chi connectivity index (χ4v) is 4.20. The lowest BCUT2D eigenvalue weighted by Gasteiger charge is -2.15. The van der Waals surface area contributed by atoms with E-state index in [9.17, 15) is 0 Å². The number of methoxy groups -OCH3 is 1. The van der Waals surface area contributed by atoms with Crippen molar-refractivity contribution < 1.29 is 4.74 Å². The number of pyridine rings is 1. The summed E-state index contributed by atoms with van der Waals surface area (Å²) in [5.74, 6) is 0.893. The van der Waals surface area contributed by atoms with Gasteiger partial charge in [-0.3, -0.25) is 0 Å². The number of ether oxygens (including phenoxy) is 1. The smallest absolute Gasteiger partial charge is 0.128 e. The summed E-state index contributed by atoms with van der Waals surface area (Å²) in [6.07, 6.45) is 3.42. The van der Waals surface area contributed by atoms with E-state index in [0.717, 1.165) is 35.4 Å². The van der Waals surface area contributed by atoms with Crippen molar-refractivity contribution in [1.29, 1.82) is 0 Å². The van der Waals surface area contributed by atoms with Crippen LogP contribution in [0.1, 0.15) is 17.5 Å². The van der Waals surface area contributed by atoms with Gasteiger partial charge in [0.1, 0.15) is 5.75 Å². The van der Waals surface area contributed by atoms with Crippen molar-refractivity contribution in [1.82, 2.24) is 4.98 Å². The number of nitrogens with zero attached hydrogens (tertiary/aromatic N) is 1. The SMILES string of the molecule is COc1ccccc1-c1nc2ccc3ccccc3c2c2c1CCC2. The Morgan fingerprint density at radius 2 is 1.64 bits per heavy atom.